The highest BCUT2D eigenvalue weighted by molar-refractivity contribution is 5.98. The van der Waals surface area contributed by atoms with E-state index in [9.17, 15) is 19.8 Å². The summed E-state index contributed by atoms with van der Waals surface area (Å²) in [6.07, 6.45) is 11.0. The highest BCUT2D eigenvalue weighted by Crippen LogP contribution is 2.37. The number of anilines is 3. The Bertz CT molecular complexity index is 2800. The number of carboxylic acids is 2. The summed E-state index contributed by atoms with van der Waals surface area (Å²) < 4.78 is 0. The van der Waals surface area contributed by atoms with Gasteiger partial charge in [-0.2, -0.15) is 10.5 Å². The third-order valence-corrected chi connectivity index (χ3v) is 9.93. The number of aryl methyl sites for hydroxylation is 2. The zero-order chi connectivity index (χ0) is 41.5. The fraction of sp³-hybridized carbons (Fsp3) is 0.0385. The van der Waals surface area contributed by atoms with Crippen molar-refractivity contribution < 1.29 is 19.8 Å². The first-order valence-corrected chi connectivity index (χ1v) is 18.8. The van der Waals surface area contributed by atoms with Crippen molar-refractivity contribution in [3.63, 3.8) is 0 Å². The molecule has 0 saturated carbocycles. The van der Waals surface area contributed by atoms with Gasteiger partial charge in [-0.15, -0.1) is 0 Å². The van der Waals surface area contributed by atoms with E-state index in [4.69, 9.17) is 10.5 Å². The molecule has 2 N–H and O–H groups in total. The van der Waals surface area contributed by atoms with Crippen molar-refractivity contribution in [2.75, 3.05) is 4.90 Å². The van der Waals surface area contributed by atoms with Gasteiger partial charge >= 0.3 is 11.9 Å². The third kappa shape index (κ3) is 9.24. The first kappa shape index (κ1) is 39.0. The fourth-order valence-electron chi connectivity index (χ4n) is 6.91. The largest absolute Gasteiger partial charge is 0.477 e. The average molecular weight is 768 g/mol. The Morgan fingerprint density at radius 3 is 1.20 bits per heavy atom. The second-order valence-electron chi connectivity index (χ2n) is 14.2. The van der Waals surface area contributed by atoms with E-state index in [1.165, 1.54) is 17.7 Å². The molecule has 0 unspecified atom stereocenters. The van der Waals surface area contributed by atoms with Gasteiger partial charge in [0.2, 0.25) is 0 Å². The van der Waals surface area contributed by atoms with E-state index in [1.807, 2.05) is 60.7 Å². The van der Waals surface area contributed by atoms with E-state index in [0.29, 0.717) is 11.1 Å². The molecule has 284 valence electrons. The molecule has 0 radical (unpaired) electrons. The van der Waals surface area contributed by atoms with E-state index in [0.717, 1.165) is 66.4 Å². The number of carboxylic acid groups (broad SMARTS) is 2. The summed E-state index contributed by atoms with van der Waals surface area (Å²) in [4.78, 5) is 24.8. The Balaban J connectivity index is 1.09. The van der Waals surface area contributed by atoms with Crippen LogP contribution in [0.1, 0.15) is 44.5 Å². The van der Waals surface area contributed by atoms with Gasteiger partial charge in [0.05, 0.1) is 0 Å². The van der Waals surface area contributed by atoms with E-state index in [2.05, 4.69) is 122 Å². The highest BCUT2D eigenvalue weighted by Gasteiger charge is 2.15. The monoisotopic (exact) mass is 767 g/mol. The van der Waals surface area contributed by atoms with Gasteiger partial charge in [0.15, 0.2) is 0 Å². The molecule has 7 nitrogen and oxygen atoms in total. The minimum absolute atomic E-state index is 0.306. The highest BCUT2D eigenvalue weighted by atomic mass is 16.4. The molecule has 0 atom stereocenters. The lowest BCUT2D eigenvalue weighted by Crippen LogP contribution is -2.11. The Morgan fingerprint density at radius 1 is 0.475 bits per heavy atom. The Hall–Kier alpha value is -8.26. The topological polar surface area (TPSA) is 125 Å². The van der Waals surface area contributed by atoms with E-state index >= 15 is 0 Å². The van der Waals surface area contributed by atoms with Crippen molar-refractivity contribution in [1.82, 2.24) is 0 Å². The van der Waals surface area contributed by atoms with Crippen molar-refractivity contribution in [3.05, 3.63) is 195 Å². The number of nitrogens with zero attached hydrogens (tertiary/aromatic N) is 3. The summed E-state index contributed by atoms with van der Waals surface area (Å²) in [5.41, 5.74) is 10.3. The molecule has 0 spiro atoms. The lowest BCUT2D eigenvalue weighted by atomic mass is 10.0. The maximum absolute atomic E-state index is 11.3. The van der Waals surface area contributed by atoms with E-state index in [-0.39, 0.29) is 11.1 Å². The molecule has 0 heterocycles. The number of aliphatic carboxylic acids is 2. The molecular weight excluding hydrogens is 731 g/mol. The molecule has 0 bridgehead atoms. The van der Waals surface area contributed by atoms with Crippen molar-refractivity contribution in [1.29, 1.82) is 10.5 Å². The SMILES string of the molecule is Cc1ccc(N(c2ccc(/C=C/c3ccc4cc(/C=C(\C#N)C(=O)O)ccc4c3)cc2)c2ccc(/C=C/c3ccc4cc(/C=C(\C#N)C(=O)O)ccc4c3)cc2)c(C)c1. The smallest absolute Gasteiger partial charge is 0.346 e. The lowest BCUT2D eigenvalue weighted by Gasteiger charge is -2.27. The maximum Gasteiger partial charge on any atom is 0.346 e. The number of hydrogen-bond acceptors (Lipinski definition) is 5. The van der Waals surface area contributed by atoms with Crippen LogP contribution in [-0.2, 0) is 9.59 Å². The van der Waals surface area contributed by atoms with Gasteiger partial charge in [-0.25, -0.2) is 9.59 Å². The molecule has 0 aliphatic carbocycles. The van der Waals surface area contributed by atoms with Crippen LogP contribution in [0.25, 0.3) is 58.0 Å². The summed E-state index contributed by atoms with van der Waals surface area (Å²) >= 11 is 0. The van der Waals surface area contributed by atoms with Gasteiger partial charge in [-0.3, -0.25) is 0 Å². The van der Waals surface area contributed by atoms with Gasteiger partial charge in [0.25, 0.3) is 0 Å². The predicted molar refractivity (Wildman–Crippen MR) is 239 cm³/mol. The summed E-state index contributed by atoms with van der Waals surface area (Å²) in [6, 6.07) is 50.2. The van der Waals surface area contributed by atoms with E-state index < -0.39 is 11.9 Å². The van der Waals surface area contributed by atoms with Gasteiger partial charge in [0.1, 0.15) is 23.3 Å². The molecule has 0 aliphatic heterocycles. The molecule has 0 aliphatic rings. The van der Waals surface area contributed by atoms with Gasteiger partial charge < -0.3 is 15.1 Å². The summed E-state index contributed by atoms with van der Waals surface area (Å²) in [7, 11) is 0. The third-order valence-electron chi connectivity index (χ3n) is 9.93. The average Bonchev–Trinajstić information content (AvgIpc) is 3.24. The molecule has 0 fully saturated rings. The quantitative estimate of drug-likeness (QED) is 0.0762. The Labute approximate surface area is 342 Å². The molecule has 7 heteroatoms. The fourth-order valence-corrected chi connectivity index (χ4v) is 6.91. The minimum atomic E-state index is -1.25. The molecule has 59 heavy (non-hydrogen) atoms. The van der Waals surface area contributed by atoms with Crippen LogP contribution in [0.3, 0.4) is 0 Å². The summed E-state index contributed by atoms with van der Waals surface area (Å²) in [5, 5.41) is 40.5. The molecule has 0 amide bonds. The predicted octanol–water partition coefficient (Wildman–Crippen LogP) is 12.4. The van der Waals surface area contributed by atoms with Crippen molar-refractivity contribution in [2.24, 2.45) is 0 Å². The minimum Gasteiger partial charge on any atom is -0.477 e. The lowest BCUT2D eigenvalue weighted by molar-refractivity contribution is -0.133. The maximum atomic E-state index is 11.3. The second kappa shape index (κ2) is 17.3. The first-order chi connectivity index (χ1) is 28.6. The zero-order valence-electron chi connectivity index (χ0n) is 32.3. The standard InChI is InChI=1S/C52H37N3O4/c1-34-3-24-50(35(2)25-34)55(48-20-12-36(13-21-48)4-6-38-8-16-44-28-40(10-18-42(44)26-38)30-46(32-53)51(56)57)49-22-14-37(15-23-49)5-7-39-9-17-45-29-41(11-19-43(45)27-39)31-47(33-54)52(58)59/h3-31H,1-2H3,(H,56,57)(H,58,59)/b6-4+,7-5+,46-30+,47-31+. The summed E-state index contributed by atoms with van der Waals surface area (Å²) in [6.45, 7) is 4.23. The van der Waals surface area contributed by atoms with Crippen molar-refractivity contribution >= 4 is 87.0 Å². The number of benzene rings is 7. The Morgan fingerprint density at radius 2 is 0.831 bits per heavy atom. The van der Waals surface area contributed by atoms with Crippen LogP contribution < -0.4 is 4.90 Å². The number of hydrogen-bond donors (Lipinski definition) is 2. The van der Waals surface area contributed by atoms with E-state index in [1.54, 1.807) is 12.1 Å². The number of fused-ring (bicyclic) bond motifs is 2. The van der Waals surface area contributed by atoms with Crippen LogP contribution in [0.5, 0.6) is 0 Å². The van der Waals surface area contributed by atoms with Crippen LogP contribution in [0, 0.1) is 36.5 Å². The molecule has 0 saturated heterocycles. The number of rotatable bonds is 11. The van der Waals surface area contributed by atoms with Gasteiger partial charge in [-0.1, -0.05) is 115 Å². The van der Waals surface area contributed by atoms with Gasteiger partial charge in [0, 0.05) is 17.1 Å². The van der Waals surface area contributed by atoms with Crippen LogP contribution in [-0.4, -0.2) is 22.2 Å². The Kier molecular flexibility index (Phi) is 11.4. The zero-order valence-corrected chi connectivity index (χ0v) is 32.3. The number of carbonyl (C=O) groups is 2. The van der Waals surface area contributed by atoms with Crippen LogP contribution in [0.4, 0.5) is 17.1 Å². The van der Waals surface area contributed by atoms with Crippen LogP contribution in [0.2, 0.25) is 0 Å². The van der Waals surface area contributed by atoms with Crippen LogP contribution in [0.15, 0.2) is 151 Å². The molecule has 0 aromatic heterocycles. The molecular formula is C52H37N3O4. The molecule has 7 aromatic rings. The van der Waals surface area contributed by atoms with Crippen LogP contribution >= 0.6 is 0 Å². The van der Waals surface area contributed by atoms with Gasteiger partial charge in [-0.05, 0) is 141 Å². The second-order valence-corrected chi connectivity index (χ2v) is 14.2. The van der Waals surface area contributed by atoms with Crippen molar-refractivity contribution in [2.45, 2.75) is 13.8 Å². The normalized spacial score (nSPS) is 11.9. The molecule has 7 rings (SSSR count). The number of nitriles is 2. The first-order valence-electron chi connectivity index (χ1n) is 18.8. The molecule has 7 aromatic carbocycles. The van der Waals surface area contributed by atoms with Crippen molar-refractivity contribution in [3.8, 4) is 12.1 Å². The summed E-state index contributed by atoms with van der Waals surface area (Å²) in [5.74, 6) is -2.49.